The second-order valence-corrected chi connectivity index (χ2v) is 7.93. The van der Waals surface area contributed by atoms with Crippen LogP contribution >= 0.6 is 0 Å². The molecule has 0 radical (unpaired) electrons. The highest BCUT2D eigenvalue weighted by atomic mass is 16.1. The van der Waals surface area contributed by atoms with Gasteiger partial charge < -0.3 is 20.5 Å². The van der Waals surface area contributed by atoms with Crippen LogP contribution < -0.4 is 16.0 Å². The number of nitrogens with zero attached hydrogens (tertiary/aromatic N) is 8. The molecule has 11 heteroatoms. The number of nitrogens with one attached hydrogen (secondary N) is 1. The fourth-order valence-corrected chi connectivity index (χ4v) is 4.25. The Morgan fingerprint density at radius 2 is 2.00 bits per heavy atom. The number of nitrogens with two attached hydrogens (primary N) is 1. The van der Waals surface area contributed by atoms with Crippen molar-refractivity contribution in [1.29, 1.82) is 0 Å². The van der Waals surface area contributed by atoms with Crippen molar-refractivity contribution in [3.05, 3.63) is 48.9 Å². The Morgan fingerprint density at radius 3 is 2.70 bits per heavy atom. The van der Waals surface area contributed by atoms with Gasteiger partial charge in [0.15, 0.2) is 17.0 Å². The number of carbonyl (C=O) groups is 1. The molecule has 5 rings (SSSR count). The van der Waals surface area contributed by atoms with Crippen LogP contribution in [0.5, 0.6) is 0 Å². The number of hydrogen-bond acceptors (Lipinski definition) is 9. The largest absolute Gasteiger partial charge is 0.368 e. The maximum atomic E-state index is 12.1. The number of amides is 1. The highest BCUT2D eigenvalue weighted by Crippen LogP contribution is 2.29. The molecule has 0 spiro atoms. The van der Waals surface area contributed by atoms with Gasteiger partial charge in [-0.25, -0.2) is 29.9 Å². The van der Waals surface area contributed by atoms with Crippen LogP contribution in [0.25, 0.3) is 22.6 Å². The Balaban J connectivity index is 1.48. The van der Waals surface area contributed by atoms with Crippen molar-refractivity contribution in [2.75, 3.05) is 16.8 Å². The zero-order valence-corrected chi connectivity index (χ0v) is 18.4. The lowest BCUT2D eigenvalue weighted by molar-refractivity contribution is -0.119. The van der Waals surface area contributed by atoms with E-state index in [1.807, 2.05) is 41.5 Å². The third kappa shape index (κ3) is 3.81. The molecule has 4 aromatic rings. The maximum absolute atomic E-state index is 12.1. The molecule has 33 heavy (non-hydrogen) atoms. The van der Waals surface area contributed by atoms with E-state index in [0.717, 1.165) is 22.9 Å². The number of pyridine rings is 1. The summed E-state index contributed by atoms with van der Waals surface area (Å²) in [6.07, 6.45) is 7.27. The molecule has 1 aliphatic heterocycles. The summed E-state index contributed by atoms with van der Waals surface area (Å²) in [7, 11) is 0. The third-order valence-corrected chi connectivity index (χ3v) is 5.80. The quantitative estimate of drug-likeness (QED) is 0.453. The number of aryl methyl sites for hydroxylation is 2. The van der Waals surface area contributed by atoms with Crippen LogP contribution in [-0.4, -0.2) is 59.0 Å². The summed E-state index contributed by atoms with van der Waals surface area (Å²) in [6.45, 7) is 5.11. The van der Waals surface area contributed by atoms with Crippen LogP contribution in [0.4, 0.5) is 11.6 Å². The standard InChI is InChI=1S/C22H24N10O/c1-3-31-21(14-9-25-13(2)26-10-14)30-18-20(27-12-28-22(18)31)29-15-8-16(19(23)33)32(11-15)17-6-4-5-7-24-17/h4-7,9-10,12,15-16H,3,8,11H2,1-2H3,(H2,23,33)(H,27,28,29)/t15-,16+/m0/s1. The van der Waals surface area contributed by atoms with Crippen molar-refractivity contribution in [3.63, 3.8) is 0 Å². The van der Waals surface area contributed by atoms with Gasteiger partial charge in [-0.2, -0.15) is 0 Å². The maximum Gasteiger partial charge on any atom is 0.240 e. The van der Waals surface area contributed by atoms with E-state index < -0.39 is 6.04 Å². The predicted octanol–water partition coefficient (Wildman–Crippen LogP) is 1.55. The average Bonchev–Trinajstić information content (AvgIpc) is 3.42. The summed E-state index contributed by atoms with van der Waals surface area (Å²) < 4.78 is 2.01. The summed E-state index contributed by atoms with van der Waals surface area (Å²) in [5, 5.41) is 3.46. The van der Waals surface area contributed by atoms with Gasteiger partial charge >= 0.3 is 0 Å². The van der Waals surface area contributed by atoms with Crippen molar-refractivity contribution in [2.45, 2.75) is 38.9 Å². The second-order valence-electron chi connectivity index (χ2n) is 7.93. The fraction of sp³-hybridized carbons (Fsp3) is 0.318. The Labute approximate surface area is 190 Å². The summed E-state index contributed by atoms with van der Waals surface area (Å²) in [5.74, 6) is 2.37. The number of anilines is 2. The van der Waals surface area contributed by atoms with Crippen molar-refractivity contribution in [1.82, 2.24) is 34.5 Å². The fourth-order valence-electron chi connectivity index (χ4n) is 4.25. The molecule has 4 aromatic heterocycles. The molecule has 0 unspecified atom stereocenters. The van der Waals surface area contributed by atoms with Crippen LogP contribution in [-0.2, 0) is 11.3 Å². The molecule has 0 saturated carbocycles. The van der Waals surface area contributed by atoms with Crippen molar-refractivity contribution in [2.24, 2.45) is 5.73 Å². The Kier molecular flexibility index (Phi) is 5.29. The Morgan fingerprint density at radius 1 is 1.18 bits per heavy atom. The monoisotopic (exact) mass is 444 g/mol. The van der Waals surface area contributed by atoms with Gasteiger partial charge in [0, 0.05) is 37.7 Å². The molecule has 1 aliphatic rings. The molecule has 0 bridgehead atoms. The number of fused-ring (bicyclic) bond motifs is 1. The highest BCUT2D eigenvalue weighted by molar-refractivity contribution is 5.87. The van der Waals surface area contributed by atoms with E-state index in [9.17, 15) is 4.79 Å². The number of aromatic nitrogens is 7. The summed E-state index contributed by atoms with van der Waals surface area (Å²) in [6, 6.07) is 5.08. The molecule has 1 fully saturated rings. The smallest absolute Gasteiger partial charge is 0.240 e. The minimum Gasteiger partial charge on any atom is -0.368 e. The Bertz CT molecular complexity index is 1290. The summed E-state index contributed by atoms with van der Waals surface area (Å²) in [5.41, 5.74) is 7.88. The highest BCUT2D eigenvalue weighted by Gasteiger charge is 2.37. The summed E-state index contributed by atoms with van der Waals surface area (Å²) >= 11 is 0. The molecule has 5 heterocycles. The first kappa shape index (κ1) is 20.7. The van der Waals surface area contributed by atoms with Crippen LogP contribution in [0.3, 0.4) is 0 Å². The van der Waals surface area contributed by atoms with E-state index in [0.29, 0.717) is 36.7 Å². The zero-order chi connectivity index (χ0) is 22.9. The van der Waals surface area contributed by atoms with Crippen LogP contribution in [0.1, 0.15) is 19.2 Å². The first-order valence-corrected chi connectivity index (χ1v) is 10.8. The van der Waals surface area contributed by atoms with Crippen molar-refractivity contribution in [3.8, 4) is 11.4 Å². The second kappa shape index (κ2) is 8.41. The Hall–Kier alpha value is -4.15. The van der Waals surface area contributed by atoms with Gasteiger partial charge in [-0.05, 0) is 32.4 Å². The molecule has 0 aromatic carbocycles. The van der Waals surface area contributed by atoms with Gasteiger partial charge in [-0.3, -0.25) is 4.79 Å². The van der Waals surface area contributed by atoms with Gasteiger partial charge in [0.2, 0.25) is 5.91 Å². The van der Waals surface area contributed by atoms with Gasteiger partial charge in [0.1, 0.15) is 29.8 Å². The number of hydrogen-bond donors (Lipinski definition) is 2. The minimum absolute atomic E-state index is 0.0689. The number of primary amides is 1. The lowest BCUT2D eigenvalue weighted by Gasteiger charge is -2.22. The van der Waals surface area contributed by atoms with Crippen molar-refractivity contribution >= 4 is 28.7 Å². The van der Waals surface area contributed by atoms with Gasteiger partial charge in [0.25, 0.3) is 0 Å². The van der Waals surface area contributed by atoms with E-state index in [4.69, 9.17) is 10.7 Å². The van der Waals surface area contributed by atoms with E-state index in [-0.39, 0.29) is 11.9 Å². The SMILES string of the molecule is CCn1c(-c2cnc(C)nc2)nc2c(N[C@H]3C[C@H](C(N)=O)N(c4ccccn4)C3)ncnc21. The lowest BCUT2D eigenvalue weighted by atomic mass is 10.1. The van der Waals surface area contributed by atoms with E-state index in [2.05, 4.69) is 30.2 Å². The number of imidazole rings is 1. The van der Waals surface area contributed by atoms with E-state index >= 15 is 0 Å². The van der Waals surface area contributed by atoms with E-state index in [1.54, 1.807) is 18.6 Å². The topological polar surface area (TPSA) is 141 Å². The third-order valence-electron chi connectivity index (χ3n) is 5.80. The van der Waals surface area contributed by atoms with Crippen molar-refractivity contribution < 1.29 is 4.79 Å². The molecule has 168 valence electrons. The first-order chi connectivity index (χ1) is 16.0. The molecule has 1 saturated heterocycles. The van der Waals surface area contributed by atoms with E-state index in [1.165, 1.54) is 6.33 Å². The number of carbonyl (C=O) groups excluding carboxylic acids is 1. The van der Waals surface area contributed by atoms with Gasteiger partial charge in [0.05, 0.1) is 5.56 Å². The summed E-state index contributed by atoms with van der Waals surface area (Å²) in [4.78, 5) is 40.8. The molecule has 1 amide bonds. The molecule has 3 N–H and O–H groups in total. The van der Waals surface area contributed by atoms with Gasteiger partial charge in [-0.15, -0.1) is 0 Å². The van der Waals surface area contributed by atoms with Crippen LogP contribution in [0, 0.1) is 6.92 Å². The van der Waals surface area contributed by atoms with Gasteiger partial charge in [-0.1, -0.05) is 6.07 Å². The number of rotatable bonds is 6. The lowest BCUT2D eigenvalue weighted by Crippen LogP contribution is -2.40. The zero-order valence-electron chi connectivity index (χ0n) is 18.4. The average molecular weight is 445 g/mol. The normalized spacial score (nSPS) is 18.1. The molecule has 0 aliphatic carbocycles. The molecular formula is C22H24N10O. The van der Waals surface area contributed by atoms with Crippen LogP contribution in [0.2, 0.25) is 0 Å². The van der Waals surface area contributed by atoms with Crippen LogP contribution in [0.15, 0.2) is 43.1 Å². The molecular weight excluding hydrogens is 420 g/mol. The predicted molar refractivity (Wildman–Crippen MR) is 123 cm³/mol. The molecule has 11 nitrogen and oxygen atoms in total. The first-order valence-electron chi connectivity index (χ1n) is 10.8. The molecule has 2 atom stereocenters. The minimum atomic E-state index is -0.455.